The molecule has 33 heavy (non-hydrogen) atoms. The molecule has 0 aliphatic carbocycles. The molecule has 1 aliphatic heterocycles. The van der Waals surface area contributed by atoms with Gasteiger partial charge in [-0.05, 0) is 56.9 Å². The van der Waals surface area contributed by atoms with Gasteiger partial charge in [-0.25, -0.2) is 0 Å². The van der Waals surface area contributed by atoms with Crippen molar-refractivity contribution >= 4 is 11.6 Å². The van der Waals surface area contributed by atoms with Crippen LogP contribution in [0.1, 0.15) is 40.0 Å². The van der Waals surface area contributed by atoms with Crippen LogP contribution in [0.2, 0.25) is 0 Å². The molecule has 1 N–H and O–H groups in total. The third-order valence-electron chi connectivity index (χ3n) is 5.87. The lowest BCUT2D eigenvalue weighted by Crippen LogP contribution is -2.32. The highest BCUT2D eigenvalue weighted by molar-refractivity contribution is 5.94. The van der Waals surface area contributed by atoms with Crippen molar-refractivity contribution < 1.29 is 19.2 Å². The number of nitrogens with one attached hydrogen (secondary N) is 1. The number of para-hydroxylation sites is 2. The molecule has 0 radical (unpaired) electrons. The molecule has 0 bridgehead atoms. The maximum Gasteiger partial charge on any atom is 0.311 e. The molecule has 172 valence electrons. The van der Waals surface area contributed by atoms with Crippen LogP contribution in [-0.2, 0) is 4.74 Å². The van der Waals surface area contributed by atoms with Gasteiger partial charge in [-0.3, -0.25) is 14.9 Å². The number of benzene rings is 2. The zero-order valence-corrected chi connectivity index (χ0v) is 18.8. The van der Waals surface area contributed by atoms with Gasteiger partial charge < -0.3 is 14.8 Å². The highest BCUT2D eigenvalue weighted by atomic mass is 16.6. The highest BCUT2D eigenvalue weighted by Crippen LogP contribution is 2.35. The molecule has 2 aromatic carbocycles. The summed E-state index contributed by atoms with van der Waals surface area (Å²) in [7, 11) is 0. The summed E-state index contributed by atoms with van der Waals surface area (Å²) in [6, 6.07) is 11.9. The smallest absolute Gasteiger partial charge is 0.311 e. The number of carbonyl (C=O) groups excluding carboxylic acids is 1. The minimum atomic E-state index is -0.501. The quantitative estimate of drug-likeness (QED) is 0.422. The molecule has 9 heteroatoms. The maximum atomic E-state index is 13.0. The Morgan fingerprint density at radius 2 is 2.00 bits per heavy atom. The van der Waals surface area contributed by atoms with Crippen LogP contribution in [0, 0.1) is 30.9 Å². The maximum absolute atomic E-state index is 13.0. The lowest BCUT2D eigenvalue weighted by atomic mass is 10.1. The molecular formula is C24H26N4O5. The minimum Gasteiger partial charge on any atom is -0.431 e. The number of aromatic nitrogens is 2. The zero-order chi connectivity index (χ0) is 23.5. The van der Waals surface area contributed by atoms with Crippen LogP contribution in [0.15, 0.2) is 42.5 Å². The Labute approximate surface area is 191 Å². The van der Waals surface area contributed by atoms with Crippen molar-refractivity contribution in [3.63, 3.8) is 0 Å². The molecular weight excluding hydrogens is 424 g/mol. The Balaban J connectivity index is 1.76. The molecule has 0 unspecified atom stereocenters. The average molecular weight is 450 g/mol. The second-order valence-electron chi connectivity index (χ2n) is 8.08. The fraction of sp³-hybridized carbons (Fsp3) is 0.333. The Bertz CT molecular complexity index is 1200. The van der Waals surface area contributed by atoms with Crippen LogP contribution in [0.3, 0.4) is 0 Å². The van der Waals surface area contributed by atoms with Crippen LogP contribution in [0.25, 0.3) is 5.69 Å². The topological polar surface area (TPSA) is 109 Å². The summed E-state index contributed by atoms with van der Waals surface area (Å²) >= 11 is 0. The molecule has 1 saturated heterocycles. The second-order valence-corrected chi connectivity index (χ2v) is 8.08. The van der Waals surface area contributed by atoms with E-state index >= 15 is 0 Å². The van der Waals surface area contributed by atoms with Crippen LogP contribution >= 0.6 is 0 Å². The van der Waals surface area contributed by atoms with E-state index in [1.807, 2.05) is 32.0 Å². The second kappa shape index (κ2) is 9.41. The number of amides is 1. The van der Waals surface area contributed by atoms with Gasteiger partial charge in [0.1, 0.15) is 0 Å². The van der Waals surface area contributed by atoms with Crippen LogP contribution in [-0.4, -0.2) is 39.9 Å². The molecule has 9 nitrogen and oxygen atoms in total. The van der Waals surface area contributed by atoms with Gasteiger partial charge in [0, 0.05) is 24.8 Å². The van der Waals surface area contributed by atoms with Gasteiger partial charge in [0.25, 0.3) is 5.91 Å². The average Bonchev–Trinajstić information content (AvgIpc) is 3.43. The molecule has 1 amide bonds. The van der Waals surface area contributed by atoms with E-state index in [0.717, 1.165) is 29.7 Å². The summed E-state index contributed by atoms with van der Waals surface area (Å²) in [6.45, 7) is 6.75. The Kier molecular flexibility index (Phi) is 6.41. The predicted octanol–water partition coefficient (Wildman–Crippen LogP) is 4.41. The number of carbonyl (C=O) groups is 1. The Hall–Kier alpha value is -3.72. The number of hydrogen-bond donors (Lipinski definition) is 1. The SMILES string of the molecule is Cc1cccc(-n2nc(C(=O)NC[C@H]3CCCO3)c(C)c2Oc2ccccc2[N+](=O)[O-])c1C. The summed E-state index contributed by atoms with van der Waals surface area (Å²) in [4.78, 5) is 24.0. The number of ether oxygens (including phenoxy) is 2. The summed E-state index contributed by atoms with van der Waals surface area (Å²) in [5, 5.41) is 19.0. The first-order chi connectivity index (χ1) is 15.9. The van der Waals surface area contributed by atoms with Crippen LogP contribution in [0.4, 0.5) is 5.69 Å². The first-order valence-corrected chi connectivity index (χ1v) is 10.8. The highest BCUT2D eigenvalue weighted by Gasteiger charge is 2.26. The fourth-order valence-corrected chi connectivity index (χ4v) is 3.84. The van der Waals surface area contributed by atoms with Crippen molar-refractivity contribution in [1.82, 2.24) is 15.1 Å². The Morgan fingerprint density at radius 3 is 2.73 bits per heavy atom. The van der Waals surface area contributed by atoms with Gasteiger partial charge >= 0.3 is 5.69 Å². The summed E-state index contributed by atoms with van der Waals surface area (Å²) < 4.78 is 13.2. The van der Waals surface area contributed by atoms with E-state index in [0.29, 0.717) is 18.7 Å². The molecule has 1 aliphatic rings. The Morgan fingerprint density at radius 1 is 1.21 bits per heavy atom. The largest absolute Gasteiger partial charge is 0.431 e. The number of hydrogen-bond acceptors (Lipinski definition) is 6. The molecule has 0 spiro atoms. The van der Waals surface area contributed by atoms with Gasteiger partial charge in [0.05, 0.1) is 16.7 Å². The number of rotatable bonds is 7. The monoisotopic (exact) mass is 450 g/mol. The van der Waals surface area contributed by atoms with Gasteiger partial charge in [-0.15, -0.1) is 0 Å². The van der Waals surface area contributed by atoms with Crippen molar-refractivity contribution in [3.8, 4) is 17.3 Å². The van der Waals surface area contributed by atoms with Gasteiger partial charge in [-0.1, -0.05) is 24.3 Å². The molecule has 1 fully saturated rings. The van der Waals surface area contributed by atoms with Crippen molar-refractivity contribution in [2.75, 3.05) is 13.2 Å². The third kappa shape index (κ3) is 4.58. The van der Waals surface area contributed by atoms with Crippen LogP contribution < -0.4 is 10.1 Å². The molecule has 1 atom stereocenters. The van der Waals surface area contributed by atoms with Gasteiger partial charge in [0.2, 0.25) is 11.6 Å². The van der Waals surface area contributed by atoms with Crippen molar-refractivity contribution in [3.05, 3.63) is 75.0 Å². The van der Waals surface area contributed by atoms with E-state index in [9.17, 15) is 14.9 Å². The van der Waals surface area contributed by atoms with E-state index in [4.69, 9.17) is 9.47 Å². The van der Waals surface area contributed by atoms with Gasteiger partial charge in [-0.2, -0.15) is 9.78 Å². The van der Waals surface area contributed by atoms with Crippen molar-refractivity contribution in [2.45, 2.75) is 39.7 Å². The minimum absolute atomic E-state index is 0.00181. The van der Waals surface area contributed by atoms with Crippen LogP contribution in [0.5, 0.6) is 11.6 Å². The van der Waals surface area contributed by atoms with E-state index in [1.165, 1.54) is 16.8 Å². The summed E-state index contributed by atoms with van der Waals surface area (Å²) in [5.41, 5.74) is 3.24. The van der Waals surface area contributed by atoms with E-state index in [2.05, 4.69) is 10.4 Å². The standard InChI is InChI=1S/C24H26N4O5/c1-15-8-6-11-19(16(15)2)27-24(33-21-12-5-4-10-20(21)28(30)31)17(3)22(26-27)23(29)25-14-18-9-7-13-32-18/h4-6,8,10-12,18H,7,9,13-14H2,1-3H3,(H,25,29)/t18-/m1/s1. The number of nitrogens with zero attached hydrogens (tertiary/aromatic N) is 3. The molecule has 2 heterocycles. The lowest BCUT2D eigenvalue weighted by molar-refractivity contribution is -0.385. The number of aryl methyl sites for hydroxylation is 1. The van der Waals surface area contributed by atoms with Gasteiger partial charge in [0.15, 0.2) is 5.69 Å². The molecule has 3 aromatic rings. The van der Waals surface area contributed by atoms with Crippen molar-refractivity contribution in [2.24, 2.45) is 0 Å². The fourth-order valence-electron chi connectivity index (χ4n) is 3.84. The third-order valence-corrected chi connectivity index (χ3v) is 5.87. The van der Waals surface area contributed by atoms with E-state index in [1.54, 1.807) is 19.1 Å². The zero-order valence-electron chi connectivity index (χ0n) is 18.8. The molecule has 0 saturated carbocycles. The predicted molar refractivity (Wildman–Crippen MR) is 122 cm³/mol. The summed E-state index contributed by atoms with van der Waals surface area (Å²) in [6.07, 6.45) is 1.88. The number of nitro groups is 1. The number of nitro benzene ring substituents is 1. The van der Waals surface area contributed by atoms with Crippen molar-refractivity contribution in [1.29, 1.82) is 0 Å². The molecule has 1 aromatic heterocycles. The summed E-state index contributed by atoms with van der Waals surface area (Å²) in [5.74, 6) is -0.0249. The lowest BCUT2D eigenvalue weighted by Gasteiger charge is -2.13. The first-order valence-electron chi connectivity index (χ1n) is 10.8. The first kappa shape index (κ1) is 22.5. The van der Waals surface area contributed by atoms with E-state index < -0.39 is 4.92 Å². The molecule has 4 rings (SSSR count). The normalized spacial score (nSPS) is 15.4. The van der Waals surface area contributed by atoms with E-state index in [-0.39, 0.29) is 35.0 Å².